The summed E-state index contributed by atoms with van der Waals surface area (Å²) in [7, 11) is 0.429. The number of benzene rings is 2. The molecule has 198 valence electrons. The summed E-state index contributed by atoms with van der Waals surface area (Å²) in [4.78, 5) is 9.32. The van der Waals surface area contributed by atoms with Gasteiger partial charge in [0.05, 0.1) is 30.2 Å². The van der Waals surface area contributed by atoms with E-state index in [9.17, 15) is 8.42 Å². The van der Waals surface area contributed by atoms with Gasteiger partial charge in [0, 0.05) is 56.4 Å². The summed E-state index contributed by atoms with van der Waals surface area (Å²) in [5, 5.41) is 0.477. The molecule has 1 aliphatic heterocycles. The van der Waals surface area contributed by atoms with E-state index in [1.807, 2.05) is 12.1 Å². The largest absolute Gasteiger partial charge is 0.493 e. The van der Waals surface area contributed by atoms with Crippen molar-refractivity contribution in [3.8, 4) is 23.0 Å². The number of aromatic nitrogens is 1. The lowest BCUT2D eigenvalue weighted by Gasteiger charge is -2.32. The van der Waals surface area contributed by atoms with Crippen LogP contribution in [0.25, 0.3) is 10.9 Å². The zero-order valence-electron chi connectivity index (χ0n) is 21.4. The Hall–Kier alpha value is -3.08. The quantitative estimate of drug-likeness (QED) is 0.376. The number of hydrogen-bond acceptors (Lipinski definition) is 8. The van der Waals surface area contributed by atoms with Crippen LogP contribution in [0.1, 0.15) is 19.3 Å². The molecule has 1 aliphatic carbocycles. The highest BCUT2D eigenvalue weighted by Crippen LogP contribution is 2.38. The number of rotatable bonds is 11. The van der Waals surface area contributed by atoms with E-state index in [0.717, 1.165) is 50.0 Å². The fourth-order valence-electron chi connectivity index (χ4n) is 4.41. The maximum atomic E-state index is 12.3. The van der Waals surface area contributed by atoms with Crippen molar-refractivity contribution in [1.29, 1.82) is 0 Å². The van der Waals surface area contributed by atoms with Gasteiger partial charge in [-0.25, -0.2) is 8.42 Å². The number of hydrogen-bond donors (Lipinski definition) is 1. The van der Waals surface area contributed by atoms with Gasteiger partial charge in [-0.3, -0.25) is 9.71 Å². The number of nitrogens with one attached hydrogen (secondary N) is 1. The zero-order valence-corrected chi connectivity index (χ0v) is 22.2. The molecule has 0 amide bonds. The first-order valence-corrected chi connectivity index (χ1v) is 14.3. The van der Waals surface area contributed by atoms with Gasteiger partial charge in [0.1, 0.15) is 11.5 Å². The van der Waals surface area contributed by atoms with Crippen LogP contribution in [-0.4, -0.2) is 81.9 Å². The summed E-state index contributed by atoms with van der Waals surface area (Å²) < 4.78 is 45.1. The molecule has 1 saturated carbocycles. The van der Waals surface area contributed by atoms with E-state index in [4.69, 9.17) is 14.2 Å². The van der Waals surface area contributed by atoms with Gasteiger partial charge in [0.2, 0.25) is 10.0 Å². The summed E-state index contributed by atoms with van der Waals surface area (Å²) in [6.07, 6.45) is 4.03. The maximum Gasteiger partial charge on any atom is 0.235 e. The van der Waals surface area contributed by atoms with Gasteiger partial charge in [-0.2, -0.15) is 0 Å². The average molecular weight is 527 g/mol. The number of piperazine rings is 1. The molecule has 2 aromatic carbocycles. The first-order valence-electron chi connectivity index (χ1n) is 12.7. The van der Waals surface area contributed by atoms with Crippen molar-refractivity contribution in [2.75, 3.05) is 58.2 Å². The number of anilines is 1. The minimum Gasteiger partial charge on any atom is -0.493 e. The van der Waals surface area contributed by atoms with Crippen molar-refractivity contribution in [1.82, 2.24) is 14.8 Å². The molecule has 0 radical (unpaired) electrons. The van der Waals surface area contributed by atoms with E-state index in [1.54, 1.807) is 43.6 Å². The molecule has 1 aromatic heterocycles. The van der Waals surface area contributed by atoms with E-state index >= 15 is 0 Å². The Labute approximate surface area is 218 Å². The van der Waals surface area contributed by atoms with Crippen molar-refractivity contribution in [3.05, 3.63) is 48.7 Å². The fourth-order valence-corrected chi connectivity index (χ4v) is 5.79. The fraction of sp³-hybridized carbons (Fsp3) is 0.444. The molecule has 9 nitrogen and oxygen atoms in total. The Kier molecular flexibility index (Phi) is 7.68. The summed E-state index contributed by atoms with van der Waals surface area (Å²) >= 11 is 0. The number of nitrogens with zero attached hydrogens (tertiary/aromatic N) is 3. The first-order chi connectivity index (χ1) is 17.9. The molecule has 10 heteroatoms. The number of likely N-dealkylation sites (N-methyl/N-ethyl adjacent to an activating group) is 1. The summed E-state index contributed by atoms with van der Waals surface area (Å²) in [6, 6.07) is 12.5. The van der Waals surface area contributed by atoms with Crippen molar-refractivity contribution >= 4 is 26.6 Å². The Morgan fingerprint density at radius 1 is 1.03 bits per heavy atom. The molecule has 3 aromatic rings. The average Bonchev–Trinajstić information content (AvgIpc) is 3.74. The molecule has 1 saturated heterocycles. The van der Waals surface area contributed by atoms with E-state index in [2.05, 4.69) is 26.6 Å². The van der Waals surface area contributed by atoms with E-state index in [-0.39, 0.29) is 5.25 Å². The molecular weight excluding hydrogens is 492 g/mol. The highest BCUT2D eigenvalue weighted by Gasteiger charge is 2.35. The molecule has 0 atom stereocenters. The van der Waals surface area contributed by atoms with Crippen molar-refractivity contribution in [2.45, 2.75) is 24.5 Å². The molecule has 0 unspecified atom stereocenters. The topological polar surface area (TPSA) is 93.2 Å². The van der Waals surface area contributed by atoms with E-state index in [1.165, 1.54) is 0 Å². The Morgan fingerprint density at radius 2 is 1.84 bits per heavy atom. The van der Waals surface area contributed by atoms with Crippen LogP contribution < -0.4 is 18.9 Å². The second-order valence-electron chi connectivity index (χ2n) is 9.65. The maximum absolute atomic E-state index is 12.3. The van der Waals surface area contributed by atoms with E-state index < -0.39 is 10.0 Å². The van der Waals surface area contributed by atoms with Crippen LogP contribution in [0.2, 0.25) is 0 Å². The Balaban J connectivity index is 1.27. The number of fused-ring (bicyclic) bond motifs is 1. The zero-order chi connectivity index (χ0) is 25.8. The van der Waals surface area contributed by atoms with Gasteiger partial charge in [0.25, 0.3) is 0 Å². The minimum atomic E-state index is -3.35. The molecule has 2 heterocycles. The van der Waals surface area contributed by atoms with Crippen molar-refractivity contribution in [3.63, 3.8) is 0 Å². The number of sulfonamides is 1. The molecule has 0 spiro atoms. The summed E-state index contributed by atoms with van der Waals surface area (Å²) in [6.45, 7) is 6.00. The molecular formula is C27H34N4O5S. The summed E-state index contributed by atoms with van der Waals surface area (Å²) in [5.41, 5.74) is 1.20. The van der Waals surface area contributed by atoms with Gasteiger partial charge >= 0.3 is 0 Å². The second-order valence-corrected chi connectivity index (χ2v) is 11.6. The Bertz CT molecular complexity index is 1340. The number of pyridine rings is 1. The van der Waals surface area contributed by atoms with Crippen LogP contribution >= 0.6 is 0 Å². The highest BCUT2D eigenvalue weighted by molar-refractivity contribution is 7.93. The SMILES string of the molecule is COc1cc2c(Oc3cccc(NS(=O)(=O)C4CC4)c3)ccnc2cc1OCCCN1CCN(C)CC1. The normalized spacial score (nSPS) is 17.0. The van der Waals surface area contributed by atoms with Gasteiger partial charge in [-0.1, -0.05) is 6.07 Å². The minimum absolute atomic E-state index is 0.295. The third-order valence-electron chi connectivity index (χ3n) is 6.74. The van der Waals surface area contributed by atoms with Gasteiger partial charge < -0.3 is 24.0 Å². The second kappa shape index (κ2) is 11.1. The van der Waals surface area contributed by atoms with Gasteiger partial charge in [0.15, 0.2) is 11.5 Å². The first kappa shape index (κ1) is 25.6. The van der Waals surface area contributed by atoms with Crippen molar-refractivity contribution in [2.24, 2.45) is 0 Å². The third kappa shape index (κ3) is 6.44. The highest BCUT2D eigenvalue weighted by atomic mass is 32.2. The predicted molar refractivity (Wildman–Crippen MR) is 144 cm³/mol. The Morgan fingerprint density at radius 3 is 2.59 bits per heavy atom. The summed E-state index contributed by atoms with van der Waals surface area (Å²) in [5.74, 6) is 2.37. The predicted octanol–water partition coefficient (Wildman–Crippen LogP) is 3.96. The monoisotopic (exact) mass is 526 g/mol. The lowest BCUT2D eigenvalue weighted by molar-refractivity contribution is 0.145. The molecule has 5 rings (SSSR count). The lowest BCUT2D eigenvalue weighted by Crippen LogP contribution is -2.44. The van der Waals surface area contributed by atoms with Crippen molar-refractivity contribution < 1.29 is 22.6 Å². The molecule has 37 heavy (non-hydrogen) atoms. The van der Waals surface area contributed by atoms with Crippen LogP contribution in [0.15, 0.2) is 48.7 Å². The molecule has 1 N–H and O–H groups in total. The molecule has 2 fully saturated rings. The number of ether oxygens (including phenoxy) is 3. The van der Waals surface area contributed by atoms with Crippen LogP contribution in [-0.2, 0) is 10.0 Å². The smallest absolute Gasteiger partial charge is 0.235 e. The van der Waals surface area contributed by atoms with E-state index in [0.29, 0.717) is 48.1 Å². The third-order valence-corrected chi connectivity index (χ3v) is 8.61. The van der Waals surface area contributed by atoms with Gasteiger partial charge in [-0.05, 0) is 50.6 Å². The van der Waals surface area contributed by atoms with Crippen LogP contribution in [0.4, 0.5) is 5.69 Å². The molecule has 0 bridgehead atoms. The lowest BCUT2D eigenvalue weighted by atomic mass is 10.1. The molecule has 2 aliphatic rings. The van der Waals surface area contributed by atoms with Crippen LogP contribution in [0.5, 0.6) is 23.0 Å². The number of methoxy groups -OCH3 is 1. The van der Waals surface area contributed by atoms with Crippen LogP contribution in [0.3, 0.4) is 0 Å². The van der Waals surface area contributed by atoms with Gasteiger partial charge in [-0.15, -0.1) is 0 Å². The standard InChI is InChI=1S/C27H34N4O5S/c1-30-12-14-31(15-13-30)11-4-16-35-27-19-24-23(18-26(27)34-2)25(9-10-28-24)36-21-6-3-5-20(17-21)29-37(32,33)22-7-8-22/h3,5-6,9-10,17-19,22,29H,4,7-8,11-16H2,1-2H3. The van der Waals surface area contributed by atoms with Crippen LogP contribution in [0, 0.1) is 0 Å².